The molecule has 0 unspecified atom stereocenters. The predicted molar refractivity (Wildman–Crippen MR) is 114 cm³/mol. The van der Waals surface area contributed by atoms with Gasteiger partial charge in [0.1, 0.15) is 18.1 Å². The van der Waals surface area contributed by atoms with E-state index in [1.165, 1.54) is 12.1 Å². The number of benzene rings is 3. The third kappa shape index (κ3) is 5.38. The average molecular weight is 464 g/mol. The zero-order valence-corrected chi connectivity index (χ0v) is 17.7. The average Bonchev–Trinajstić information content (AvgIpc) is 2.76. The number of carbonyl (C=O) groups is 1. The van der Waals surface area contributed by atoms with Crippen LogP contribution in [0.1, 0.15) is 6.92 Å². The first-order valence-electron chi connectivity index (χ1n) is 9.47. The van der Waals surface area contributed by atoms with Gasteiger partial charge >= 0.3 is 0 Å². The van der Waals surface area contributed by atoms with E-state index in [9.17, 15) is 26.4 Å². The van der Waals surface area contributed by atoms with Crippen LogP contribution in [0.25, 0.3) is 0 Å². The summed E-state index contributed by atoms with van der Waals surface area (Å²) in [4.78, 5) is 12.3. The van der Waals surface area contributed by atoms with Gasteiger partial charge in [0.2, 0.25) is 5.91 Å². The molecule has 0 saturated heterocycles. The first-order valence-corrected chi connectivity index (χ1v) is 10.9. The zero-order valence-electron chi connectivity index (χ0n) is 16.9. The molecule has 32 heavy (non-hydrogen) atoms. The first-order chi connectivity index (χ1) is 15.2. The van der Waals surface area contributed by atoms with Gasteiger partial charge in [-0.3, -0.25) is 9.10 Å². The van der Waals surface area contributed by atoms with E-state index >= 15 is 0 Å². The molecule has 0 fully saturated rings. The molecule has 0 heterocycles. The number of halogens is 3. The number of nitrogens with one attached hydrogen (secondary N) is 1. The van der Waals surface area contributed by atoms with Crippen molar-refractivity contribution in [2.45, 2.75) is 11.8 Å². The molecule has 0 saturated carbocycles. The van der Waals surface area contributed by atoms with Crippen LogP contribution in [0.3, 0.4) is 0 Å². The fraction of sp³-hybridized carbons (Fsp3) is 0.136. The molecule has 0 spiro atoms. The van der Waals surface area contributed by atoms with Crippen molar-refractivity contribution >= 4 is 27.3 Å². The quantitative estimate of drug-likeness (QED) is 0.538. The number of hydrogen-bond acceptors (Lipinski definition) is 4. The van der Waals surface area contributed by atoms with Gasteiger partial charge in [0, 0.05) is 11.8 Å². The van der Waals surface area contributed by atoms with Crippen LogP contribution in [0.5, 0.6) is 5.75 Å². The maximum Gasteiger partial charge on any atom is 0.264 e. The van der Waals surface area contributed by atoms with Crippen molar-refractivity contribution in [2.24, 2.45) is 0 Å². The van der Waals surface area contributed by atoms with E-state index in [4.69, 9.17) is 4.74 Å². The SMILES string of the molecule is CCOc1ccc(N(CC(=O)Nc2ccc(F)c(F)c2)S(=O)(=O)c2ccc(F)cc2)cc1. The summed E-state index contributed by atoms with van der Waals surface area (Å²) in [6, 6.07) is 12.9. The molecule has 0 aliphatic rings. The van der Waals surface area contributed by atoms with Gasteiger partial charge in [-0.1, -0.05) is 0 Å². The number of rotatable bonds is 8. The number of sulfonamides is 1. The van der Waals surface area contributed by atoms with Crippen LogP contribution in [0.4, 0.5) is 24.5 Å². The molecule has 1 amide bonds. The molecule has 3 aromatic rings. The second-order valence-corrected chi connectivity index (χ2v) is 8.43. The minimum atomic E-state index is -4.27. The zero-order chi connectivity index (χ0) is 23.3. The molecule has 0 aromatic heterocycles. The number of nitrogens with zero attached hydrogens (tertiary/aromatic N) is 1. The Morgan fingerprint density at radius 3 is 2.19 bits per heavy atom. The van der Waals surface area contributed by atoms with Crippen molar-refractivity contribution in [3.8, 4) is 5.75 Å². The van der Waals surface area contributed by atoms with E-state index in [-0.39, 0.29) is 16.3 Å². The summed E-state index contributed by atoms with van der Waals surface area (Å²) in [7, 11) is -4.27. The highest BCUT2D eigenvalue weighted by Gasteiger charge is 2.27. The predicted octanol–water partition coefficient (Wildman–Crippen LogP) is 4.34. The fourth-order valence-electron chi connectivity index (χ4n) is 2.83. The van der Waals surface area contributed by atoms with Crippen molar-refractivity contribution < 1.29 is 31.1 Å². The van der Waals surface area contributed by atoms with Gasteiger partial charge in [-0.05, 0) is 67.6 Å². The summed E-state index contributed by atoms with van der Waals surface area (Å²) in [6.45, 7) is 1.53. The maximum absolute atomic E-state index is 13.4. The van der Waals surface area contributed by atoms with Gasteiger partial charge in [-0.15, -0.1) is 0 Å². The molecule has 168 valence electrons. The monoisotopic (exact) mass is 464 g/mol. The lowest BCUT2D eigenvalue weighted by Gasteiger charge is -2.24. The molecular weight excluding hydrogens is 445 g/mol. The third-order valence-corrected chi connectivity index (χ3v) is 6.12. The standard InChI is InChI=1S/C22H19F3N2O4S/c1-2-31-18-8-6-17(7-9-18)27(32(29,30)19-10-3-15(23)4-11-19)14-22(28)26-16-5-12-20(24)21(25)13-16/h3-13H,2,14H2,1H3,(H,26,28). The normalized spacial score (nSPS) is 11.1. The summed E-state index contributed by atoms with van der Waals surface area (Å²) < 4.78 is 72.4. The van der Waals surface area contributed by atoms with Crippen molar-refractivity contribution in [3.05, 3.63) is 84.2 Å². The van der Waals surface area contributed by atoms with Crippen LogP contribution in [-0.4, -0.2) is 27.5 Å². The molecule has 6 nitrogen and oxygen atoms in total. The van der Waals surface area contributed by atoms with E-state index in [0.717, 1.165) is 46.8 Å². The molecular formula is C22H19F3N2O4S. The van der Waals surface area contributed by atoms with Crippen LogP contribution >= 0.6 is 0 Å². The minimum absolute atomic E-state index is 0.0419. The smallest absolute Gasteiger partial charge is 0.264 e. The summed E-state index contributed by atoms with van der Waals surface area (Å²) in [5.41, 5.74) is 0.109. The molecule has 0 bridgehead atoms. The summed E-state index contributed by atoms with van der Waals surface area (Å²) in [5, 5.41) is 2.34. The molecule has 3 rings (SSSR count). The highest BCUT2D eigenvalue weighted by molar-refractivity contribution is 7.92. The highest BCUT2D eigenvalue weighted by Crippen LogP contribution is 2.26. The van der Waals surface area contributed by atoms with Crippen molar-refractivity contribution in [3.63, 3.8) is 0 Å². The minimum Gasteiger partial charge on any atom is -0.494 e. The first kappa shape index (κ1) is 23.1. The lowest BCUT2D eigenvalue weighted by molar-refractivity contribution is -0.114. The van der Waals surface area contributed by atoms with Crippen molar-refractivity contribution in [2.75, 3.05) is 22.8 Å². The Kier molecular flexibility index (Phi) is 7.04. The van der Waals surface area contributed by atoms with Crippen LogP contribution in [-0.2, 0) is 14.8 Å². The summed E-state index contributed by atoms with van der Waals surface area (Å²) in [6.07, 6.45) is 0. The second kappa shape index (κ2) is 9.73. The largest absolute Gasteiger partial charge is 0.494 e. The summed E-state index contributed by atoms with van der Waals surface area (Å²) in [5.74, 6) is -3.16. The molecule has 0 aliphatic carbocycles. The fourth-order valence-corrected chi connectivity index (χ4v) is 4.25. The molecule has 0 radical (unpaired) electrons. The van der Waals surface area contributed by atoms with Gasteiger partial charge in [0.25, 0.3) is 10.0 Å². The Bertz CT molecular complexity index is 1200. The van der Waals surface area contributed by atoms with Crippen LogP contribution < -0.4 is 14.4 Å². The Morgan fingerprint density at radius 2 is 1.59 bits per heavy atom. The Labute approximate surface area is 183 Å². The van der Waals surface area contributed by atoms with Crippen molar-refractivity contribution in [1.82, 2.24) is 0 Å². The van der Waals surface area contributed by atoms with Gasteiger partial charge in [0.15, 0.2) is 11.6 Å². The van der Waals surface area contributed by atoms with E-state index in [1.54, 1.807) is 19.1 Å². The topological polar surface area (TPSA) is 75.7 Å². The number of anilines is 2. The third-order valence-electron chi connectivity index (χ3n) is 4.33. The van der Waals surface area contributed by atoms with E-state index in [0.29, 0.717) is 12.4 Å². The number of ether oxygens (including phenoxy) is 1. The maximum atomic E-state index is 13.4. The Balaban J connectivity index is 1.93. The second-order valence-electron chi connectivity index (χ2n) is 6.57. The molecule has 0 atom stereocenters. The molecule has 3 aromatic carbocycles. The van der Waals surface area contributed by atoms with Gasteiger partial charge in [-0.2, -0.15) is 0 Å². The lowest BCUT2D eigenvalue weighted by atomic mass is 10.3. The van der Waals surface area contributed by atoms with Gasteiger partial charge in [0.05, 0.1) is 17.2 Å². The van der Waals surface area contributed by atoms with Crippen molar-refractivity contribution in [1.29, 1.82) is 0 Å². The number of carbonyl (C=O) groups excluding carboxylic acids is 1. The molecule has 1 N–H and O–H groups in total. The number of hydrogen-bond donors (Lipinski definition) is 1. The highest BCUT2D eigenvalue weighted by atomic mass is 32.2. The van der Waals surface area contributed by atoms with Crippen LogP contribution in [0.2, 0.25) is 0 Å². The van der Waals surface area contributed by atoms with Gasteiger partial charge in [-0.25, -0.2) is 21.6 Å². The van der Waals surface area contributed by atoms with Crippen LogP contribution in [0, 0.1) is 17.5 Å². The van der Waals surface area contributed by atoms with Crippen LogP contribution in [0.15, 0.2) is 71.6 Å². The van der Waals surface area contributed by atoms with E-state index in [2.05, 4.69) is 5.32 Å². The summed E-state index contributed by atoms with van der Waals surface area (Å²) >= 11 is 0. The lowest BCUT2D eigenvalue weighted by Crippen LogP contribution is -2.38. The van der Waals surface area contributed by atoms with E-state index < -0.39 is 39.9 Å². The molecule has 10 heteroatoms. The Morgan fingerprint density at radius 1 is 0.938 bits per heavy atom. The molecule has 0 aliphatic heterocycles. The number of amides is 1. The van der Waals surface area contributed by atoms with E-state index in [1.807, 2.05) is 0 Å². The Hall–Kier alpha value is -3.53. The van der Waals surface area contributed by atoms with Gasteiger partial charge < -0.3 is 10.1 Å².